The van der Waals surface area contributed by atoms with E-state index in [1.165, 1.54) is 23.4 Å². The molecular weight excluding hydrogens is 362 g/mol. The summed E-state index contributed by atoms with van der Waals surface area (Å²) in [6, 6.07) is 8.38. The second-order valence-electron chi connectivity index (χ2n) is 6.64. The topological polar surface area (TPSA) is 46.8 Å². The third-order valence-electron chi connectivity index (χ3n) is 4.90. The van der Waals surface area contributed by atoms with Crippen LogP contribution in [0.1, 0.15) is 30.3 Å². The van der Waals surface area contributed by atoms with Gasteiger partial charge in [-0.15, -0.1) is 11.3 Å². The molecule has 1 saturated heterocycles. The summed E-state index contributed by atoms with van der Waals surface area (Å²) >= 11 is 3.43. The molecule has 3 aromatic heterocycles. The number of fused-ring (bicyclic) bond motifs is 1. The minimum Gasteiger partial charge on any atom is -0.347 e. The van der Waals surface area contributed by atoms with Gasteiger partial charge < -0.3 is 9.47 Å². The number of para-hydroxylation sites is 1. The van der Waals surface area contributed by atoms with Crippen molar-refractivity contribution < 1.29 is 0 Å². The fourth-order valence-corrected chi connectivity index (χ4v) is 5.21. The smallest absolute Gasteiger partial charge is 0.186 e. The fourth-order valence-electron chi connectivity index (χ4n) is 3.66. The zero-order valence-corrected chi connectivity index (χ0v) is 15.9. The minimum atomic E-state index is 0.435. The second-order valence-corrected chi connectivity index (χ2v) is 8.37. The third-order valence-corrected chi connectivity index (χ3v) is 6.64. The van der Waals surface area contributed by atoms with Gasteiger partial charge in [-0.3, -0.25) is 0 Å². The summed E-state index contributed by atoms with van der Waals surface area (Å²) in [4.78, 5) is 16.4. The lowest BCUT2D eigenvalue weighted by molar-refractivity contribution is 0.475. The number of aromatic nitrogens is 4. The Morgan fingerprint density at radius 2 is 2.15 bits per heavy atom. The van der Waals surface area contributed by atoms with E-state index in [1.54, 1.807) is 22.7 Å². The Morgan fingerprint density at radius 3 is 3.04 bits per heavy atom. The van der Waals surface area contributed by atoms with E-state index in [4.69, 9.17) is 4.98 Å². The van der Waals surface area contributed by atoms with Crippen LogP contribution in [0, 0.1) is 0 Å². The number of thiazole rings is 2. The standard InChI is InChI=1S/C19H19N5S2/c1-2-6-17-16(5-1)22-19(26-17)24-8-3-4-14(10-24)18-20-7-9-23(18)11-15-12-25-13-21-15/h1-2,5-7,9,12-14H,3-4,8,10-11H2. The molecular formula is C19H19N5S2. The number of rotatable bonds is 4. The highest BCUT2D eigenvalue weighted by Gasteiger charge is 2.26. The second kappa shape index (κ2) is 6.81. The first-order chi connectivity index (χ1) is 12.9. The molecule has 0 bridgehead atoms. The molecule has 0 radical (unpaired) electrons. The van der Waals surface area contributed by atoms with E-state index in [-0.39, 0.29) is 0 Å². The predicted octanol–water partition coefficient (Wildman–Crippen LogP) is 4.38. The summed E-state index contributed by atoms with van der Waals surface area (Å²) in [5.74, 6) is 1.60. The normalized spacial score (nSPS) is 17.8. The molecule has 1 aliphatic heterocycles. The molecule has 1 unspecified atom stereocenters. The lowest BCUT2D eigenvalue weighted by Crippen LogP contribution is -2.35. The van der Waals surface area contributed by atoms with Crippen molar-refractivity contribution >= 4 is 38.0 Å². The molecule has 132 valence electrons. The number of hydrogen-bond acceptors (Lipinski definition) is 6. The SMILES string of the molecule is c1ccc2sc(N3CCCC(c4nccn4Cc4cscn4)C3)nc2c1. The van der Waals surface area contributed by atoms with E-state index in [9.17, 15) is 0 Å². The molecule has 5 rings (SSSR count). The van der Waals surface area contributed by atoms with Crippen molar-refractivity contribution in [1.29, 1.82) is 0 Å². The van der Waals surface area contributed by atoms with Crippen LogP contribution in [0.15, 0.2) is 47.5 Å². The van der Waals surface area contributed by atoms with Gasteiger partial charge in [-0.25, -0.2) is 15.0 Å². The number of imidazole rings is 1. The Kier molecular flexibility index (Phi) is 4.18. The molecule has 4 heterocycles. The van der Waals surface area contributed by atoms with E-state index >= 15 is 0 Å². The zero-order valence-electron chi connectivity index (χ0n) is 14.3. The van der Waals surface area contributed by atoms with Gasteiger partial charge in [0, 0.05) is 36.8 Å². The first-order valence-electron chi connectivity index (χ1n) is 8.85. The number of nitrogens with zero attached hydrogens (tertiary/aromatic N) is 5. The molecule has 0 N–H and O–H groups in total. The largest absolute Gasteiger partial charge is 0.347 e. The van der Waals surface area contributed by atoms with Gasteiger partial charge in [-0.05, 0) is 25.0 Å². The van der Waals surface area contributed by atoms with Crippen LogP contribution in [0.5, 0.6) is 0 Å². The highest BCUT2D eigenvalue weighted by atomic mass is 32.1. The van der Waals surface area contributed by atoms with Crippen molar-refractivity contribution in [3.8, 4) is 0 Å². The molecule has 1 fully saturated rings. The van der Waals surface area contributed by atoms with Gasteiger partial charge in [0.15, 0.2) is 5.13 Å². The van der Waals surface area contributed by atoms with Crippen LogP contribution < -0.4 is 4.90 Å². The van der Waals surface area contributed by atoms with Crippen LogP contribution in [-0.4, -0.2) is 32.6 Å². The Labute approximate surface area is 160 Å². The van der Waals surface area contributed by atoms with E-state index in [0.717, 1.165) is 36.0 Å². The summed E-state index contributed by atoms with van der Waals surface area (Å²) in [6.45, 7) is 2.85. The summed E-state index contributed by atoms with van der Waals surface area (Å²) in [6.07, 6.45) is 6.34. The number of anilines is 1. The summed E-state index contributed by atoms with van der Waals surface area (Å²) in [7, 11) is 0. The van der Waals surface area contributed by atoms with Crippen LogP contribution in [0.25, 0.3) is 10.2 Å². The first kappa shape index (κ1) is 16.0. The van der Waals surface area contributed by atoms with Crippen LogP contribution in [0.4, 0.5) is 5.13 Å². The molecule has 4 aromatic rings. The Bertz CT molecular complexity index is 971. The maximum absolute atomic E-state index is 4.84. The quantitative estimate of drug-likeness (QED) is 0.526. The first-order valence-corrected chi connectivity index (χ1v) is 10.6. The predicted molar refractivity (Wildman–Crippen MR) is 107 cm³/mol. The average Bonchev–Trinajstić information content (AvgIpc) is 3.42. The number of hydrogen-bond donors (Lipinski definition) is 0. The Hall–Kier alpha value is -2.25. The van der Waals surface area contributed by atoms with Crippen LogP contribution in [-0.2, 0) is 6.54 Å². The van der Waals surface area contributed by atoms with Crippen molar-refractivity contribution in [3.63, 3.8) is 0 Å². The fraction of sp³-hybridized carbons (Fsp3) is 0.316. The Balaban J connectivity index is 1.38. The van der Waals surface area contributed by atoms with Gasteiger partial charge in [0.05, 0.1) is 28.0 Å². The lowest BCUT2D eigenvalue weighted by atomic mass is 9.97. The van der Waals surface area contributed by atoms with E-state index in [2.05, 4.69) is 55.3 Å². The molecule has 0 amide bonds. The molecule has 0 spiro atoms. The van der Waals surface area contributed by atoms with Crippen LogP contribution in [0.2, 0.25) is 0 Å². The molecule has 5 nitrogen and oxygen atoms in total. The Morgan fingerprint density at radius 1 is 1.19 bits per heavy atom. The lowest BCUT2D eigenvalue weighted by Gasteiger charge is -2.32. The number of piperidine rings is 1. The van der Waals surface area contributed by atoms with Crippen molar-refractivity contribution in [2.24, 2.45) is 0 Å². The average molecular weight is 382 g/mol. The van der Waals surface area contributed by atoms with Gasteiger partial charge in [0.2, 0.25) is 0 Å². The minimum absolute atomic E-state index is 0.435. The van der Waals surface area contributed by atoms with Crippen molar-refractivity contribution in [2.75, 3.05) is 18.0 Å². The van der Waals surface area contributed by atoms with Crippen LogP contribution >= 0.6 is 22.7 Å². The van der Waals surface area contributed by atoms with E-state index in [0.29, 0.717) is 5.92 Å². The molecule has 7 heteroatoms. The maximum Gasteiger partial charge on any atom is 0.186 e. The molecule has 0 saturated carbocycles. The van der Waals surface area contributed by atoms with Gasteiger partial charge in [0.1, 0.15) is 5.82 Å². The van der Waals surface area contributed by atoms with E-state index < -0.39 is 0 Å². The third kappa shape index (κ3) is 3.01. The highest BCUT2D eigenvalue weighted by molar-refractivity contribution is 7.22. The highest BCUT2D eigenvalue weighted by Crippen LogP contribution is 2.34. The zero-order chi connectivity index (χ0) is 17.3. The van der Waals surface area contributed by atoms with Gasteiger partial charge >= 0.3 is 0 Å². The molecule has 0 aliphatic carbocycles. The molecule has 1 atom stereocenters. The monoisotopic (exact) mass is 381 g/mol. The van der Waals surface area contributed by atoms with E-state index in [1.807, 2.05) is 11.7 Å². The number of benzene rings is 1. The summed E-state index contributed by atoms with van der Waals surface area (Å²) < 4.78 is 3.51. The van der Waals surface area contributed by atoms with Crippen molar-refractivity contribution in [2.45, 2.75) is 25.3 Å². The summed E-state index contributed by atoms with van der Waals surface area (Å²) in [5.41, 5.74) is 4.09. The molecule has 1 aliphatic rings. The molecule has 26 heavy (non-hydrogen) atoms. The van der Waals surface area contributed by atoms with Crippen LogP contribution in [0.3, 0.4) is 0 Å². The van der Waals surface area contributed by atoms with Gasteiger partial charge in [-0.2, -0.15) is 0 Å². The molecule has 1 aromatic carbocycles. The van der Waals surface area contributed by atoms with Crippen molar-refractivity contribution in [3.05, 3.63) is 59.1 Å². The van der Waals surface area contributed by atoms with Gasteiger partial charge in [0.25, 0.3) is 0 Å². The summed E-state index contributed by atoms with van der Waals surface area (Å²) in [5, 5.41) is 3.24. The van der Waals surface area contributed by atoms with Crippen molar-refractivity contribution in [1.82, 2.24) is 19.5 Å². The van der Waals surface area contributed by atoms with Gasteiger partial charge in [-0.1, -0.05) is 23.5 Å². The maximum atomic E-state index is 4.84.